The SMILES string of the molecule is Cc1cc(Br)c(CON2C(N)=NC(N)=NC2(C)C)cc1Br. The van der Waals surface area contributed by atoms with Crippen LogP contribution in [0.3, 0.4) is 0 Å². The van der Waals surface area contributed by atoms with Crippen LogP contribution in [0, 0.1) is 6.92 Å². The molecule has 4 N–H and O–H groups in total. The third-order valence-electron chi connectivity index (χ3n) is 3.00. The summed E-state index contributed by atoms with van der Waals surface area (Å²) in [6.07, 6.45) is 0. The molecular formula is C13H17Br2N5O. The molecule has 0 fully saturated rings. The Bertz CT molecular complexity index is 627. The number of aryl methyl sites for hydroxylation is 1. The van der Waals surface area contributed by atoms with Crippen LogP contribution in [0.5, 0.6) is 0 Å². The van der Waals surface area contributed by atoms with Crippen LogP contribution in [0.25, 0.3) is 0 Å². The maximum atomic E-state index is 5.87. The van der Waals surface area contributed by atoms with Crippen LogP contribution in [0.2, 0.25) is 0 Å². The first kappa shape index (κ1) is 16.3. The van der Waals surface area contributed by atoms with Gasteiger partial charge in [-0.25, -0.2) is 4.99 Å². The van der Waals surface area contributed by atoms with Crippen molar-refractivity contribution in [3.63, 3.8) is 0 Å². The standard InChI is InChI=1S/C13H17Br2N5O/c1-7-4-10(15)8(5-9(7)14)6-21-20-12(17)18-11(16)19-13(20,2)3/h4-5H,6H2,1-3H3,(H4,16,17,18,19). The highest BCUT2D eigenvalue weighted by atomic mass is 79.9. The van der Waals surface area contributed by atoms with Gasteiger partial charge >= 0.3 is 0 Å². The molecular weight excluding hydrogens is 402 g/mol. The van der Waals surface area contributed by atoms with E-state index >= 15 is 0 Å². The second kappa shape index (κ2) is 5.94. The van der Waals surface area contributed by atoms with Gasteiger partial charge in [0.2, 0.25) is 11.9 Å². The molecule has 0 spiro atoms. The number of nitrogens with zero attached hydrogens (tertiary/aromatic N) is 3. The number of hydrogen-bond donors (Lipinski definition) is 2. The topological polar surface area (TPSA) is 89.2 Å². The van der Waals surface area contributed by atoms with E-state index in [4.69, 9.17) is 16.3 Å². The van der Waals surface area contributed by atoms with Crippen LogP contribution in [0.15, 0.2) is 31.1 Å². The summed E-state index contributed by atoms with van der Waals surface area (Å²) in [5.41, 5.74) is 12.9. The van der Waals surface area contributed by atoms with E-state index in [1.807, 2.05) is 32.9 Å². The summed E-state index contributed by atoms with van der Waals surface area (Å²) in [6, 6.07) is 4.03. The van der Waals surface area contributed by atoms with Gasteiger partial charge in [0.1, 0.15) is 6.61 Å². The molecule has 0 unspecified atom stereocenters. The van der Waals surface area contributed by atoms with E-state index in [-0.39, 0.29) is 11.9 Å². The van der Waals surface area contributed by atoms with Crippen LogP contribution < -0.4 is 11.5 Å². The van der Waals surface area contributed by atoms with E-state index in [9.17, 15) is 0 Å². The van der Waals surface area contributed by atoms with Crippen molar-refractivity contribution in [3.05, 3.63) is 32.2 Å². The summed E-state index contributed by atoms with van der Waals surface area (Å²) in [6.45, 7) is 6.05. The number of hydrogen-bond acceptors (Lipinski definition) is 6. The summed E-state index contributed by atoms with van der Waals surface area (Å²) in [7, 11) is 0. The zero-order chi connectivity index (χ0) is 15.8. The fraction of sp³-hybridized carbons (Fsp3) is 0.385. The molecule has 1 aromatic carbocycles. The van der Waals surface area contributed by atoms with Crippen LogP contribution in [-0.2, 0) is 11.4 Å². The maximum absolute atomic E-state index is 5.87. The van der Waals surface area contributed by atoms with Crippen LogP contribution in [0.4, 0.5) is 0 Å². The third kappa shape index (κ3) is 3.56. The van der Waals surface area contributed by atoms with Gasteiger partial charge < -0.3 is 11.5 Å². The average Bonchev–Trinajstić information content (AvgIpc) is 2.32. The molecule has 1 aliphatic rings. The minimum absolute atomic E-state index is 0.150. The quantitative estimate of drug-likeness (QED) is 0.789. The van der Waals surface area contributed by atoms with Crippen molar-refractivity contribution in [3.8, 4) is 0 Å². The Kier molecular flexibility index (Phi) is 4.60. The predicted octanol–water partition coefficient (Wildman–Crippen LogP) is 2.63. The van der Waals surface area contributed by atoms with Gasteiger partial charge in [0.05, 0.1) is 0 Å². The van der Waals surface area contributed by atoms with Gasteiger partial charge in [0.25, 0.3) is 0 Å². The molecule has 8 heteroatoms. The number of halogens is 2. The van der Waals surface area contributed by atoms with Crippen LogP contribution in [-0.4, -0.2) is 22.6 Å². The van der Waals surface area contributed by atoms with E-state index in [2.05, 4.69) is 41.8 Å². The summed E-state index contributed by atoms with van der Waals surface area (Å²) in [5.74, 6) is 0.339. The Hall–Kier alpha value is -1.12. The first-order valence-corrected chi connectivity index (χ1v) is 7.86. The molecule has 0 aliphatic carbocycles. The average molecular weight is 419 g/mol. The lowest BCUT2D eigenvalue weighted by atomic mass is 10.2. The number of rotatable bonds is 3. The Morgan fingerprint density at radius 2 is 1.90 bits per heavy atom. The molecule has 0 amide bonds. The highest BCUT2D eigenvalue weighted by Gasteiger charge is 2.33. The van der Waals surface area contributed by atoms with E-state index < -0.39 is 5.66 Å². The van der Waals surface area contributed by atoms with Gasteiger partial charge in [0, 0.05) is 8.95 Å². The van der Waals surface area contributed by atoms with Crippen molar-refractivity contribution in [2.75, 3.05) is 0 Å². The molecule has 0 bridgehead atoms. The molecule has 6 nitrogen and oxygen atoms in total. The molecule has 0 radical (unpaired) electrons. The molecule has 114 valence electrons. The summed E-state index contributed by atoms with van der Waals surface area (Å²) in [5, 5.41) is 1.46. The third-order valence-corrected chi connectivity index (χ3v) is 4.59. The second-order valence-corrected chi connectivity index (χ2v) is 6.90. The van der Waals surface area contributed by atoms with Gasteiger partial charge in [-0.15, -0.1) is 0 Å². The molecule has 1 aromatic rings. The predicted molar refractivity (Wildman–Crippen MR) is 90.5 cm³/mol. The lowest BCUT2D eigenvalue weighted by Gasteiger charge is -2.36. The monoisotopic (exact) mass is 417 g/mol. The largest absolute Gasteiger partial charge is 0.368 e. The second-order valence-electron chi connectivity index (χ2n) is 5.20. The maximum Gasteiger partial charge on any atom is 0.226 e. The van der Waals surface area contributed by atoms with Crippen molar-refractivity contribution in [1.82, 2.24) is 5.06 Å². The van der Waals surface area contributed by atoms with Gasteiger partial charge in [-0.3, -0.25) is 4.84 Å². The summed E-state index contributed by atoms with van der Waals surface area (Å²) < 4.78 is 1.99. The minimum atomic E-state index is -0.704. The number of benzene rings is 1. The Morgan fingerprint density at radius 3 is 2.52 bits per heavy atom. The van der Waals surface area contributed by atoms with Gasteiger partial charge in [0.15, 0.2) is 5.66 Å². The molecule has 0 atom stereocenters. The lowest BCUT2D eigenvalue weighted by molar-refractivity contribution is -0.167. The van der Waals surface area contributed by atoms with Crippen molar-refractivity contribution in [2.45, 2.75) is 33.0 Å². The molecule has 1 heterocycles. The van der Waals surface area contributed by atoms with Gasteiger partial charge in [-0.05, 0) is 44.0 Å². The normalized spacial score (nSPS) is 17.5. The van der Waals surface area contributed by atoms with Crippen molar-refractivity contribution >= 4 is 43.8 Å². The highest BCUT2D eigenvalue weighted by molar-refractivity contribution is 9.11. The lowest BCUT2D eigenvalue weighted by Crippen LogP contribution is -2.53. The fourth-order valence-corrected chi connectivity index (χ4v) is 2.91. The van der Waals surface area contributed by atoms with Crippen molar-refractivity contribution in [2.24, 2.45) is 21.5 Å². The number of guanidine groups is 2. The van der Waals surface area contributed by atoms with Crippen molar-refractivity contribution < 1.29 is 4.84 Å². The van der Waals surface area contributed by atoms with Crippen molar-refractivity contribution in [1.29, 1.82) is 0 Å². The molecule has 2 rings (SSSR count). The molecule has 0 saturated carbocycles. The van der Waals surface area contributed by atoms with E-state index in [0.717, 1.165) is 20.1 Å². The summed E-state index contributed by atoms with van der Waals surface area (Å²) in [4.78, 5) is 13.9. The minimum Gasteiger partial charge on any atom is -0.368 e. The highest BCUT2D eigenvalue weighted by Crippen LogP contribution is 2.27. The first-order valence-electron chi connectivity index (χ1n) is 6.28. The first-order chi connectivity index (χ1) is 9.70. The fourth-order valence-electron chi connectivity index (χ4n) is 1.95. The molecule has 0 saturated heterocycles. The molecule has 1 aliphatic heterocycles. The summed E-state index contributed by atoms with van der Waals surface area (Å²) >= 11 is 7.04. The number of hydroxylamine groups is 2. The Balaban J connectivity index is 2.17. The smallest absolute Gasteiger partial charge is 0.226 e. The molecule has 0 aromatic heterocycles. The number of aliphatic imine (C=N–C) groups is 2. The zero-order valence-corrected chi connectivity index (χ0v) is 15.2. The van der Waals surface area contributed by atoms with Crippen LogP contribution in [0.1, 0.15) is 25.0 Å². The zero-order valence-electron chi connectivity index (χ0n) is 12.0. The van der Waals surface area contributed by atoms with E-state index in [1.165, 1.54) is 5.06 Å². The van der Waals surface area contributed by atoms with Gasteiger partial charge in [-0.1, -0.05) is 31.9 Å². The molecule has 21 heavy (non-hydrogen) atoms. The van der Waals surface area contributed by atoms with E-state index in [0.29, 0.717) is 6.61 Å². The Morgan fingerprint density at radius 1 is 1.24 bits per heavy atom. The van der Waals surface area contributed by atoms with E-state index in [1.54, 1.807) is 0 Å². The van der Waals surface area contributed by atoms with Crippen LogP contribution >= 0.6 is 31.9 Å². The van der Waals surface area contributed by atoms with Gasteiger partial charge in [-0.2, -0.15) is 10.1 Å². The number of nitrogens with two attached hydrogens (primary N) is 2. The Labute approximate surface area is 140 Å².